The van der Waals surface area contributed by atoms with Crippen LogP contribution in [-0.2, 0) is 11.3 Å². The number of methoxy groups -OCH3 is 1. The molecule has 0 spiro atoms. The van der Waals surface area contributed by atoms with Crippen LogP contribution in [0, 0.1) is 12.8 Å². The van der Waals surface area contributed by atoms with Crippen molar-refractivity contribution in [3.8, 4) is 11.5 Å². The number of piperidine rings is 1. The van der Waals surface area contributed by atoms with Gasteiger partial charge in [0, 0.05) is 18.2 Å². The van der Waals surface area contributed by atoms with Crippen LogP contribution in [0.2, 0.25) is 0 Å². The van der Waals surface area contributed by atoms with E-state index >= 15 is 0 Å². The van der Waals surface area contributed by atoms with Crippen LogP contribution in [0.1, 0.15) is 25.0 Å². The first kappa shape index (κ1) is 18.5. The molecule has 1 aliphatic heterocycles. The number of carbonyl (C=O) groups is 1. The molecule has 0 radical (unpaired) electrons. The Hall–Kier alpha value is -2.83. The Balaban J connectivity index is 1.48. The minimum Gasteiger partial charge on any atom is -0.497 e. The van der Waals surface area contributed by atoms with E-state index in [1.54, 1.807) is 13.2 Å². The Morgan fingerprint density at radius 1 is 1.21 bits per heavy atom. The number of carbonyl (C=O) groups excluding carboxylic acids is 1. The maximum absolute atomic E-state index is 13.0. The molecule has 148 valence electrons. The number of benzene rings is 1. The summed E-state index contributed by atoms with van der Waals surface area (Å²) in [5, 5.41) is 4.20. The Bertz CT molecular complexity index is 926. The molecule has 1 aromatic heterocycles. The van der Waals surface area contributed by atoms with Gasteiger partial charge in [0.25, 0.3) is 5.56 Å². The molecular weight excluding hydrogens is 358 g/mol. The molecule has 1 saturated carbocycles. The predicted octanol–water partition coefficient (Wildman–Crippen LogP) is 2.02. The van der Waals surface area contributed by atoms with Crippen molar-refractivity contribution in [1.82, 2.24) is 14.7 Å². The number of likely N-dealkylation sites (tertiary alicyclic amines) is 1. The van der Waals surface area contributed by atoms with Gasteiger partial charge in [0.2, 0.25) is 5.91 Å². The van der Waals surface area contributed by atoms with Crippen LogP contribution in [0.15, 0.2) is 41.2 Å². The SMILES string of the molecule is COc1cccc(OC[C@@H]2[C@H]3CC[C@@H](C3)N2C(=O)Cn2nc(C)ccc2=O)c1. The third-order valence-electron chi connectivity index (χ3n) is 5.78. The highest BCUT2D eigenvalue weighted by atomic mass is 16.5. The van der Waals surface area contributed by atoms with Crippen LogP contribution < -0.4 is 15.0 Å². The highest BCUT2D eigenvalue weighted by Gasteiger charge is 2.48. The van der Waals surface area contributed by atoms with Crippen molar-refractivity contribution in [2.45, 2.75) is 44.8 Å². The zero-order valence-corrected chi connectivity index (χ0v) is 16.2. The van der Waals surface area contributed by atoms with E-state index in [0.29, 0.717) is 18.2 Å². The second-order valence-corrected chi connectivity index (χ2v) is 7.56. The van der Waals surface area contributed by atoms with Gasteiger partial charge in [-0.1, -0.05) is 6.07 Å². The van der Waals surface area contributed by atoms with Crippen molar-refractivity contribution >= 4 is 5.91 Å². The van der Waals surface area contributed by atoms with Crippen LogP contribution in [0.4, 0.5) is 0 Å². The van der Waals surface area contributed by atoms with Gasteiger partial charge in [-0.05, 0) is 50.3 Å². The molecule has 2 aliphatic rings. The largest absolute Gasteiger partial charge is 0.497 e. The normalized spacial score (nSPS) is 23.1. The minimum absolute atomic E-state index is 0.0259. The van der Waals surface area contributed by atoms with Crippen molar-refractivity contribution < 1.29 is 14.3 Å². The Morgan fingerprint density at radius 3 is 2.86 bits per heavy atom. The van der Waals surface area contributed by atoms with Crippen LogP contribution in [0.3, 0.4) is 0 Å². The topological polar surface area (TPSA) is 73.7 Å². The molecule has 2 fully saturated rings. The second kappa shape index (κ2) is 7.66. The predicted molar refractivity (Wildman–Crippen MR) is 103 cm³/mol. The number of rotatable bonds is 6. The molecule has 1 saturated heterocycles. The van der Waals surface area contributed by atoms with Gasteiger partial charge in [-0.3, -0.25) is 9.59 Å². The number of amides is 1. The van der Waals surface area contributed by atoms with Crippen molar-refractivity contribution in [3.63, 3.8) is 0 Å². The summed E-state index contributed by atoms with van der Waals surface area (Å²) >= 11 is 0. The molecule has 28 heavy (non-hydrogen) atoms. The lowest BCUT2D eigenvalue weighted by molar-refractivity contribution is -0.137. The highest BCUT2D eigenvalue weighted by Crippen LogP contribution is 2.42. The van der Waals surface area contributed by atoms with Gasteiger partial charge < -0.3 is 14.4 Å². The summed E-state index contributed by atoms with van der Waals surface area (Å²) < 4.78 is 12.5. The van der Waals surface area contributed by atoms with Crippen molar-refractivity contribution in [2.75, 3.05) is 13.7 Å². The quantitative estimate of drug-likeness (QED) is 0.763. The molecule has 1 amide bonds. The number of nitrogens with zero attached hydrogens (tertiary/aromatic N) is 3. The average molecular weight is 383 g/mol. The summed E-state index contributed by atoms with van der Waals surface area (Å²) in [5.74, 6) is 1.85. The van der Waals surface area contributed by atoms with E-state index in [1.165, 1.54) is 10.7 Å². The van der Waals surface area contributed by atoms with Gasteiger partial charge in [-0.2, -0.15) is 5.10 Å². The molecular formula is C21H25N3O4. The molecule has 7 heteroatoms. The Labute approximate surface area is 163 Å². The smallest absolute Gasteiger partial charge is 0.267 e. The fraction of sp³-hybridized carbons (Fsp3) is 0.476. The van der Waals surface area contributed by atoms with E-state index in [9.17, 15) is 9.59 Å². The molecule has 0 N–H and O–H groups in total. The van der Waals surface area contributed by atoms with Gasteiger partial charge in [0.15, 0.2) is 0 Å². The fourth-order valence-electron chi connectivity index (χ4n) is 4.44. The van der Waals surface area contributed by atoms with Crippen molar-refractivity contribution in [2.24, 2.45) is 5.92 Å². The van der Waals surface area contributed by atoms with Gasteiger partial charge in [-0.15, -0.1) is 0 Å². The number of fused-ring (bicyclic) bond motifs is 2. The molecule has 1 aromatic carbocycles. The molecule has 4 rings (SSSR count). The maximum atomic E-state index is 13.0. The van der Waals surface area contributed by atoms with Crippen molar-refractivity contribution in [3.05, 3.63) is 52.4 Å². The number of aryl methyl sites for hydroxylation is 1. The van der Waals surface area contributed by atoms with Crippen LogP contribution in [0.5, 0.6) is 11.5 Å². The minimum atomic E-state index is -0.257. The number of ether oxygens (including phenoxy) is 2. The first-order valence-electron chi connectivity index (χ1n) is 9.68. The monoisotopic (exact) mass is 383 g/mol. The lowest BCUT2D eigenvalue weighted by Crippen LogP contribution is -2.49. The number of hydrogen-bond acceptors (Lipinski definition) is 5. The molecule has 2 bridgehead atoms. The molecule has 0 unspecified atom stereocenters. The van der Waals surface area contributed by atoms with Gasteiger partial charge in [0.1, 0.15) is 24.7 Å². The second-order valence-electron chi connectivity index (χ2n) is 7.56. The van der Waals surface area contributed by atoms with Gasteiger partial charge >= 0.3 is 0 Å². The standard InChI is InChI=1S/C21H25N3O4/c1-14-6-9-20(25)23(22-14)12-21(26)24-16-8-7-15(10-16)19(24)13-28-18-5-3-4-17(11-18)27-2/h3-6,9,11,15-16,19H,7-8,10,12-13H2,1-2H3/t15-,16-,19+/m0/s1. The van der Waals surface area contributed by atoms with E-state index in [0.717, 1.165) is 30.8 Å². The van der Waals surface area contributed by atoms with Gasteiger partial charge in [0.05, 0.1) is 18.8 Å². The molecule has 2 aromatic rings. The summed E-state index contributed by atoms with van der Waals surface area (Å²) in [6.45, 7) is 2.22. The zero-order chi connectivity index (χ0) is 19.7. The van der Waals surface area contributed by atoms with Crippen LogP contribution >= 0.6 is 0 Å². The van der Waals surface area contributed by atoms with E-state index in [4.69, 9.17) is 9.47 Å². The molecule has 1 aliphatic carbocycles. The highest BCUT2D eigenvalue weighted by molar-refractivity contribution is 5.77. The van der Waals surface area contributed by atoms with Crippen LogP contribution in [0.25, 0.3) is 0 Å². The van der Waals surface area contributed by atoms with Gasteiger partial charge in [-0.25, -0.2) is 4.68 Å². The van der Waals surface area contributed by atoms with E-state index in [1.807, 2.05) is 36.1 Å². The first-order valence-corrected chi connectivity index (χ1v) is 9.68. The molecule has 7 nitrogen and oxygen atoms in total. The fourth-order valence-corrected chi connectivity index (χ4v) is 4.44. The number of hydrogen-bond donors (Lipinski definition) is 0. The Morgan fingerprint density at radius 2 is 2.04 bits per heavy atom. The molecule has 3 atom stereocenters. The number of aromatic nitrogens is 2. The third-order valence-corrected chi connectivity index (χ3v) is 5.78. The third kappa shape index (κ3) is 3.61. The summed E-state index contributed by atoms with van der Waals surface area (Å²) in [7, 11) is 1.62. The van der Waals surface area contributed by atoms with E-state index in [-0.39, 0.29) is 30.1 Å². The summed E-state index contributed by atoms with van der Waals surface area (Å²) in [4.78, 5) is 27.0. The maximum Gasteiger partial charge on any atom is 0.267 e. The Kier molecular flexibility index (Phi) is 5.07. The lowest BCUT2D eigenvalue weighted by atomic mass is 9.99. The summed E-state index contributed by atoms with van der Waals surface area (Å²) in [6, 6.07) is 10.9. The van der Waals surface area contributed by atoms with E-state index in [2.05, 4.69) is 5.10 Å². The van der Waals surface area contributed by atoms with Crippen molar-refractivity contribution in [1.29, 1.82) is 0 Å². The zero-order valence-electron chi connectivity index (χ0n) is 16.2. The lowest BCUT2D eigenvalue weighted by Gasteiger charge is -2.35. The van der Waals surface area contributed by atoms with Crippen LogP contribution in [-0.4, -0.2) is 46.4 Å². The first-order chi connectivity index (χ1) is 13.5. The molecule has 2 heterocycles. The summed E-state index contributed by atoms with van der Waals surface area (Å²) in [6.07, 6.45) is 3.14. The summed E-state index contributed by atoms with van der Waals surface area (Å²) in [5.41, 5.74) is 0.459. The average Bonchev–Trinajstić information content (AvgIpc) is 3.31. The van der Waals surface area contributed by atoms with E-state index < -0.39 is 0 Å².